The van der Waals surface area contributed by atoms with E-state index in [0.717, 1.165) is 30.4 Å². The minimum absolute atomic E-state index is 0.0170. The largest absolute Gasteiger partial charge is 0.410 e. The molecule has 162 valence electrons. The number of carbonyl (C=O) groups is 1. The zero-order valence-corrected chi connectivity index (χ0v) is 17.6. The van der Waals surface area contributed by atoms with Gasteiger partial charge in [0.1, 0.15) is 10.8 Å². The average Bonchev–Trinajstić information content (AvgIpc) is 2.88. The van der Waals surface area contributed by atoms with Gasteiger partial charge in [-0.05, 0) is 30.5 Å². The number of hydrogen-bond acceptors (Lipinski definition) is 3. The number of rotatable bonds is 2. The van der Waals surface area contributed by atoms with Gasteiger partial charge < -0.3 is 10.2 Å². The van der Waals surface area contributed by atoms with Crippen molar-refractivity contribution in [1.29, 1.82) is 0 Å². The molecule has 2 aliphatic rings. The smallest absolute Gasteiger partial charge is 0.362 e. The third-order valence-electron chi connectivity index (χ3n) is 5.66. The molecular formula is C20H21Cl2F3N4O. The lowest BCUT2D eigenvalue weighted by Crippen LogP contribution is -2.36. The van der Waals surface area contributed by atoms with E-state index in [1.807, 2.05) is 0 Å². The van der Waals surface area contributed by atoms with Gasteiger partial charge in [-0.25, -0.2) is 4.68 Å². The van der Waals surface area contributed by atoms with E-state index in [1.165, 1.54) is 0 Å². The van der Waals surface area contributed by atoms with Gasteiger partial charge in [0, 0.05) is 24.5 Å². The first-order valence-corrected chi connectivity index (χ1v) is 10.7. The second-order valence-corrected chi connectivity index (χ2v) is 8.52. The minimum atomic E-state index is -4.54. The Kier molecular flexibility index (Phi) is 5.90. The number of aromatic nitrogens is 2. The van der Waals surface area contributed by atoms with Crippen LogP contribution in [-0.4, -0.2) is 39.9 Å². The summed E-state index contributed by atoms with van der Waals surface area (Å²) in [7, 11) is 0. The highest BCUT2D eigenvalue weighted by molar-refractivity contribution is 6.36. The Morgan fingerprint density at radius 2 is 1.70 bits per heavy atom. The molecule has 1 saturated heterocycles. The van der Waals surface area contributed by atoms with Gasteiger partial charge >= 0.3 is 6.18 Å². The van der Waals surface area contributed by atoms with E-state index in [9.17, 15) is 18.0 Å². The number of halogens is 5. The zero-order chi connectivity index (χ0) is 21.5. The number of benzene rings is 1. The molecule has 2 atom stereocenters. The van der Waals surface area contributed by atoms with Crippen molar-refractivity contribution in [3.63, 3.8) is 0 Å². The van der Waals surface area contributed by atoms with E-state index in [1.54, 1.807) is 29.2 Å². The van der Waals surface area contributed by atoms with Crippen LogP contribution in [0.2, 0.25) is 10.0 Å². The summed E-state index contributed by atoms with van der Waals surface area (Å²) in [5, 5.41) is 7.51. The molecule has 2 aromatic rings. The quantitative estimate of drug-likeness (QED) is 0.609. The molecule has 10 heteroatoms. The number of carbonyl (C=O) groups excluding carboxylic acids is 1. The van der Waals surface area contributed by atoms with Crippen LogP contribution in [0.15, 0.2) is 24.3 Å². The topological polar surface area (TPSA) is 50.2 Å². The number of alkyl halides is 3. The van der Waals surface area contributed by atoms with Gasteiger partial charge in [0.05, 0.1) is 6.04 Å². The van der Waals surface area contributed by atoms with Crippen molar-refractivity contribution in [2.45, 2.75) is 50.4 Å². The Labute approximate surface area is 182 Å². The summed E-state index contributed by atoms with van der Waals surface area (Å²) in [6.07, 6.45) is -1.04. The Balaban J connectivity index is 1.70. The van der Waals surface area contributed by atoms with Crippen LogP contribution in [0.3, 0.4) is 0 Å². The second kappa shape index (κ2) is 8.30. The van der Waals surface area contributed by atoms with Crippen LogP contribution in [-0.2, 0) is 0 Å². The van der Waals surface area contributed by atoms with Crippen molar-refractivity contribution in [3.05, 3.63) is 45.6 Å². The SMILES string of the molecule is O=C(c1nn2c(c1Cl)N[C@H](c1ccc(Cl)cc1)C[C@@H]2C(F)(F)F)N1CCCCCC1. The fourth-order valence-corrected chi connectivity index (χ4v) is 4.45. The number of amides is 1. The molecule has 0 bridgehead atoms. The lowest BCUT2D eigenvalue weighted by Gasteiger charge is -2.33. The van der Waals surface area contributed by atoms with E-state index in [-0.39, 0.29) is 23.0 Å². The summed E-state index contributed by atoms with van der Waals surface area (Å²) in [6.45, 7) is 1.11. The molecule has 3 heterocycles. The molecule has 0 radical (unpaired) electrons. The summed E-state index contributed by atoms with van der Waals surface area (Å²) >= 11 is 12.3. The van der Waals surface area contributed by atoms with Crippen LogP contribution in [0.1, 0.15) is 60.2 Å². The van der Waals surface area contributed by atoms with E-state index in [4.69, 9.17) is 23.2 Å². The maximum absolute atomic E-state index is 13.9. The Morgan fingerprint density at radius 1 is 1.07 bits per heavy atom. The Hall–Kier alpha value is -1.93. The molecule has 4 rings (SSSR count). The van der Waals surface area contributed by atoms with Crippen molar-refractivity contribution in [1.82, 2.24) is 14.7 Å². The highest BCUT2D eigenvalue weighted by atomic mass is 35.5. The molecule has 1 aromatic heterocycles. The number of nitrogens with one attached hydrogen (secondary N) is 1. The monoisotopic (exact) mass is 460 g/mol. The summed E-state index contributed by atoms with van der Waals surface area (Å²) in [4.78, 5) is 14.6. The summed E-state index contributed by atoms with van der Waals surface area (Å²) in [5.74, 6) is -0.405. The van der Waals surface area contributed by atoms with Crippen molar-refractivity contribution < 1.29 is 18.0 Å². The van der Waals surface area contributed by atoms with Gasteiger partial charge in [-0.2, -0.15) is 18.3 Å². The van der Waals surface area contributed by atoms with Crippen molar-refractivity contribution in [3.8, 4) is 0 Å². The molecule has 5 nitrogen and oxygen atoms in total. The van der Waals surface area contributed by atoms with Crippen molar-refractivity contribution in [2.75, 3.05) is 18.4 Å². The van der Waals surface area contributed by atoms with Crippen molar-refractivity contribution in [2.24, 2.45) is 0 Å². The average molecular weight is 461 g/mol. The van der Waals surface area contributed by atoms with Crippen LogP contribution in [0.4, 0.5) is 19.0 Å². The number of nitrogens with zero attached hydrogens (tertiary/aromatic N) is 3. The molecule has 0 unspecified atom stereocenters. The van der Waals surface area contributed by atoms with Crippen LogP contribution in [0.5, 0.6) is 0 Å². The molecule has 1 amide bonds. The summed E-state index contributed by atoms with van der Waals surface area (Å²) in [5.41, 5.74) is 0.518. The highest BCUT2D eigenvalue weighted by Gasteiger charge is 2.48. The second-order valence-electron chi connectivity index (χ2n) is 7.70. The first-order chi connectivity index (χ1) is 14.3. The van der Waals surface area contributed by atoms with Gasteiger partial charge in [0.25, 0.3) is 5.91 Å². The number of fused-ring (bicyclic) bond motifs is 1. The van der Waals surface area contributed by atoms with Crippen molar-refractivity contribution >= 4 is 34.9 Å². The Bertz CT molecular complexity index is 921. The maximum atomic E-state index is 13.9. The summed E-state index contributed by atoms with van der Waals surface area (Å²) in [6, 6.07) is 4.08. The first-order valence-electron chi connectivity index (χ1n) is 9.91. The van der Waals surface area contributed by atoms with E-state index >= 15 is 0 Å². The fraction of sp³-hybridized carbons (Fsp3) is 0.500. The Morgan fingerprint density at radius 3 is 2.30 bits per heavy atom. The van der Waals surface area contributed by atoms with E-state index in [2.05, 4.69) is 10.4 Å². The van der Waals surface area contributed by atoms with Gasteiger partial charge in [-0.3, -0.25) is 4.79 Å². The third-order valence-corrected chi connectivity index (χ3v) is 6.27. The molecular weight excluding hydrogens is 440 g/mol. The molecule has 30 heavy (non-hydrogen) atoms. The predicted molar refractivity (Wildman–Crippen MR) is 109 cm³/mol. The first kappa shape index (κ1) is 21.3. The van der Waals surface area contributed by atoms with E-state index < -0.39 is 24.2 Å². The van der Waals surface area contributed by atoms with Gasteiger partial charge in [0.15, 0.2) is 11.7 Å². The summed E-state index contributed by atoms with van der Waals surface area (Å²) < 4.78 is 42.4. The number of hydrogen-bond donors (Lipinski definition) is 1. The molecule has 1 N–H and O–H groups in total. The molecule has 0 aliphatic carbocycles. The highest BCUT2D eigenvalue weighted by Crippen LogP contribution is 2.46. The fourth-order valence-electron chi connectivity index (χ4n) is 4.06. The minimum Gasteiger partial charge on any atom is -0.362 e. The normalized spacial score (nSPS) is 22.2. The molecule has 2 aliphatic heterocycles. The number of likely N-dealkylation sites (tertiary alicyclic amines) is 1. The van der Waals surface area contributed by atoms with Gasteiger partial charge in [-0.15, -0.1) is 0 Å². The van der Waals surface area contributed by atoms with E-state index in [0.29, 0.717) is 23.7 Å². The van der Waals surface area contributed by atoms with Crippen LogP contribution >= 0.6 is 23.2 Å². The zero-order valence-electron chi connectivity index (χ0n) is 16.1. The lowest BCUT2D eigenvalue weighted by atomic mass is 9.97. The standard InChI is InChI=1S/C20H21Cl2F3N4O/c21-13-7-5-12(6-8-13)14-11-15(20(23,24)25)29-18(26-14)16(22)17(27-29)19(30)28-9-3-1-2-4-10-28/h5-8,14-15,26H,1-4,9-11H2/t14-,15+/m0/s1. The van der Waals surface area contributed by atoms with Crippen LogP contribution in [0.25, 0.3) is 0 Å². The predicted octanol–water partition coefficient (Wildman–Crippen LogP) is 5.87. The van der Waals surface area contributed by atoms with Gasteiger partial charge in [-0.1, -0.05) is 48.2 Å². The number of anilines is 1. The van der Waals surface area contributed by atoms with Crippen LogP contribution < -0.4 is 5.32 Å². The molecule has 1 fully saturated rings. The molecule has 0 saturated carbocycles. The van der Waals surface area contributed by atoms with Crippen LogP contribution in [0, 0.1) is 0 Å². The maximum Gasteiger partial charge on any atom is 0.410 e. The lowest BCUT2D eigenvalue weighted by molar-refractivity contribution is -0.173. The molecule has 0 spiro atoms. The van der Waals surface area contributed by atoms with Gasteiger partial charge in [0.2, 0.25) is 0 Å². The molecule has 1 aromatic carbocycles. The third kappa shape index (κ3) is 4.12.